The van der Waals surface area contributed by atoms with Crippen LogP contribution in [0.1, 0.15) is 19.4 Å². The first-order valence-electron chi connectivity index (χ1n) is 18.8. The largest absolute Gasteiger partial charge is 0.309 e. The van der Waals surface area contributed by atoms with Crippen molar-refractivity contribution in [1.82, 2.24) is 19.1 Å². The van der Waals surface area contributed by atoms with E-state index in [4.69, 9.17) is 9.97 Å². The van der Waals surface area contributed by atoms with Gasteiger partial charge in [0.2, 0.25) is 5.95 Å². The molecule has 3 heterocycles. The zero-order chi connectivity index (χ0) is 36.2. The van der Waals surface area contributed by atoms with E-state index in [0.29, 0.717) is 11.9 Å². The Labute approximate surface area is 314 Å². The van der Waals surface area contributed by atoms with E-state index in [1.54, 1.807) is 0 Å². The van der Waals surface area contributed by atoms with Crippen molar-refractivity contribution in [3.8, 4) is 45.3 Å². The topological polar surface area (TPSA) is 35.6 Å². The van der Waals surface area contributed by atoms with Crippen molar-refractivity contribution in [3.63, 3.8) is 0 Å². The zero-order valence-corrected chi connectivity index (χ0v) is 30.3. The summed E-state index contributed by atoms with van der Waals surface area (Å²) in [7, 11) is 0. The first kappa shape index (κ1) is 31.9. The lowest BCUT2D eigenvalue weighted by Gasteiger charge is -2.12. The van der Waals surface area contributed by atoms with E-state index in [0.717, 1.165) is 40.0 Å². The molecule has 3 aromatic heterocycles. The van der Waals surface area contributed by atoms with Gasteiger partial charge in [-0.05, 0) is 83.6 Å². The fourth-order valence-corrected chi connectivity index (χ4v) is 8.10. The van der Waals surface area contributed by atoms with Crippen LogP contribution in [0, 0.1) is 5.92 Å². The molecule has 4 nitrogen and oxygen atoms in total. The smallest absolute Gasteiger partial charge is 0.235 e. The Morgan fingerprint density at radius 3 is 1.41 bits per heavy atom. The minimum atomic E-state index is 0.630. The number of para-hydroxylation sites is 2. The van der Waals surface area contributed by atoms with Crippen LogP contribution < -0.4 is 0 Å². The monoisotopic (exact) mass is 694 g/mol. The van der Waals surface area contributed by atoms with Crippen LogP contribution in [-0.2, 0) is 6.42 Å². The molecular formula is C50H38N4. The molecule has 54 heavy (non-hydrogen) atoms. The first-order chi connectivity index (χ1) is 26.6. The molecule has 0 spiro atoms. The molecular weight excluding hydrogens is 657 g/mol. The van der Waals surface area contributed by atoms with Gasteiger partial charge in [-0.3, -0.25) is 4.57 Å². The maximum Gasteiger partial charge on any atom is 0.235 e. The van der Waals surface area contributed by atoms with Crippen LogP contribution in [-0.4, -0.2) is 19.1 Å². The Bertz CT molecular complexity index is 2910. The third kappa shape index (κ3) is 5.46. The van der Waals surface area contributed by atoms with Gasteiger partial charge in [-0.15, -0.1) is 0 Å². The van der Waals surface area contributed by atoms with Gasteiger partial charge < -0.3 is 4.57 Å². The van der Waals surface area contributed by atoms with Crippen LogP contribution >= 0.6 is 0 Å². The van der Waals surface area contributed by atoms with Crippen molar-refractivity contribution in [1.29, 1.82) is 0 Å². The average molecular weight is 695 g/mol. The first-order valence-corrected chi connectivity index (χ1v) is 18.8. The molecule has 0 aliphatic rings. The highest BCUT2D eigenvalue weighted by molar-refractivity contribution is 6.12. The molecule has 0 radical (unpaired) electrons. The average Bonchev–Trinajstić information content (AvgIpc) is 3.74. The number of aromatic nitrogens is 4. The van der Waals surface area contributed by atoms with Crippen LogP contribution in [0.5, 0.6) is 0 Å². The van der Waals surface area contributed by atoms with Gasteiger partial charge in [0, 0.05) is 38.4 Å². The fraction of sp³-hybridized carbons (Fsp3) is 0.0800. The summed E-state index contributed by atoms with van der Waals surface area (Å²) in [6.45, 7) is 4.55. The molecule has 258 valence electrons. The molecule has 10 rings (SSSR count). The third-order valence-corrected chi connectivity index (χ3v) is 10.6. The highest BCUT2D eigenvalue weighted by atomic mass is 15.2. The second kappa shape index (κ2) is 13.0. The predicted octanol–water partition coefficient (Wildman–Crippen LogP) is 12.9. The summed E-state index contributed by atoms with van der Waals surface area (Å²) in [6, 6.07) is 63.0. The second-order valence-electron chi connectivity index (χ2n) is 14.6. The number of rotatable bonds is 7. The van der Waals surface area contributed by atoms with Crippen molar-refractivity contribution in [3.05, 3.63) is 181 Å². The molecule has 0 N–H and O–H groups in total. The van der Waals surface area contributed by atoms with E-state index in [-0.39, 0.29) is 0 Å². The van der Waals surface area contributed by atoms with Gasteiger partial charge >= 0.3 is 0 Å². The van der Waals surface area contributed by atoms with Gasteiger partial charge in [0.25, 0.3) is 0 Å². The maximum absolute atomic E-state index is 5.21. The van der Waals surface area contributed by atoms with Crippen molar-refractivity contribution >= 4 is 43.6 Å². The number of hydrogen-bond acceptors (Lipinski definition) is 2. The summed E-state index contributed by atoms with van der Waals surface area (Å²) >= 11 is 0. The molecule has 7 aromatic carbocycles. The summed E-state index contributed by atoms with van der Waals surface area (Å²) in [5.41, 5.74) is 13.4. The summed E-state index contributed by atoms with van der Waals surface area (Å²) in [5.74, 6) is 1.28. The molecule has 0 bridgehead atoms. The highest BCUT2D eigenvalue weighted by Gasteiger charge is 2.19. The van der Waals surface area contributed by atoms with E-state index < -0.39 is 0 Å². The zero-order valence-electron chi connectivity index (χ0n) is 30.3. The van der Waals surface area contributed by atoms with Gasteiger partial charge in [-0.2, -0.15) is 0 Å². The lowest BCUT2D eigenvalue weighted by Crippen LogP contribution is -2.03. The van der Waals surface area contributed by atoms with Gasteiger partial charge in [0.15, 0.2) is 0 Å². The van der Waals surface area contributed by atoms with Crippen LogP contribution in [0.25, 0.3) is 88.9 Å². The molecule has 0 aliphatic carbocycles. The molecule has 0 fully saturated rings. The number of benzene rings is 7. The van der Waals surface area contributed by atoms with E-state index in [2.05, 4.69) is 187 Å². The second-order valence-corrected chi connectivity index (χ2v) is 14.6. The third-order valence-electron chi connectivity index (χ3n) is 10.6. The summed E-state index contributed by atoms with van der Waals surface area (Å²) in [6.07, 6.45) is 1.08. The maximum atomic E-state index is 5.21. The molecule has 0 amide bonds. The Morgan fingerprint density at radius 1 is 0.407 bits per heavy atom. The van der Waals surface area contributed by atoms with E-state index in [9.17, 15) is 0 Å². The predicted molar refractivity (Wildman–Crippen MR) is 226 cm³/mol. The summed E-state index contributed by atoms with van der Waals surface area (Å²) < 4.78 is 4.62. The van der Waals surface area contributed by atoms with Gasteiger partial charge in [-0.25, -0.2) is 9.97 Å². The fourth-order valence-electron chi connectivity index (χ4n) is 8.10. The minimum Gasteiger partial charge on any atom is -0.309 e. The number of fused-ring (bicyclic) bond motifs is 6. The van der Waals surface area contributed by atoms with Gasteiger partial charge in [0.05, 0.1) is 33.5 Å². The van der Waals surface area contributed by atoms with Crippen LogP contribution in [0.15, 0.2) is 176 Å². The van der Waals surface area contributed by atoms with Crippen LogP contribution in [0.4, 0.5) is 0 Å². The lowest BCUT2D eigenvalue weighted by molar-refractivity contribution is 0.647. The SMILES string of the molecule is CC(C)Cc1ccc(-n2c3ccccc3c3cc(-c4ccc5c(c4)c4ccccc4n5-c4nc(-c5ccccc5)cc(-c5ccccc5)n4)ccc32)cc1. The Balaban J connectivity index is 1.13. The Morgan fingerprint density at radius 2 is 0.870 bits per heavy atom. The molecule has 0 atom stereocenters. The standard InChI is InChI=1S/C50H38N4/c1-33(2)29-34-21-25-39(26-22-34)53-46-19-11-9-17-40(46)42-30-37(23-27-48(42)53)38-24-28-49-43(31-38)41-18-10-12-20-47(41)54(49)50-51-44(35-13-5-3-6-14-35)32-45(52-50)36-15-7-4-8-16-36/h3-28,30-33H,29H2,1-2H3. The van der Waals surface area contributed by atoms with E-state index >= 15 is 0 Å². The number of nitrogens with zero attached hydrogens (tertiary/aromatic N) is 4. The molecule has 0 unspecified atom stereocenters. The molecule has 0 saturated carbocycles. The quantitative estimate of drug-likeness (QED) is 0.166. The minimum absolute atomic E-state index is 0.630. The van der Waals surface area contributed by atoms with Gasteiger partial charge in [0.1, 0.15) is 0 Å². The van der Waals surface area contributed by atoms with Crippen molar-refractivity contribution in [2.45, 2.75) is 20.3 Å². The van der Waals surface area contributed by atoms with E-state index in [1.165, 1.54) is 55.0 Å². The molecule has 0 saturated heterocycles. The normalized spacial score (nSPS) is 11.8. The molecule has 10 aromatic rings. The molecule has 4 heteroatoms. The van der Waals surface area contributed by atoms with Crippen molar-refractivity contribution < 1.29 is 0 Å². The van der Waals surface area contributed by atoms with Crippen molar-refractivity contribution in [2.75, 3.05) is 0 Å². The van der Waals surface area contributed by atoms with E-state index in [1.807, 2.05) is 12.1 Å². The Hall–Kier alpha value is -6.78. The lowest BCUT2D eigenvalue weighted by atomic mass is 10.0. The molecule has 0 aliphatic heterocycles. The Kier molecular flexibility index (Phi) is 7.69. The summed E-state index contributed by atoms with van der Waals surface area (Å²) in [4.78, 5) is 10.4. The van der Waals surface area contributed by atoms with Crippen LogP contribution in [0.3, 0.4) is 0 Å². The number of hydrogen-bond donors (Lipinski definition) is 0. The van der Waals surface area contributed by atoms with Crippen molar-refractivity contribution in [2.24, 2.45) is 5.92 Å². The summed E-state index contributed by atoms with van der Waals surface area (Å²) in [5, 5.41) is 4.84. The highest BCUT2D eigenvalue weighted by Crippen LogP contribution is 2.38. The van der Waals surface area contributed by atoms with Gasteiger partial charge in [-0.1, -0.05) is 135 Å². The van der Waals surface area contributed by atoms with Crippen LogP contribution in [0.2, 0.25) is 0 Å².